The van der Waals surface area contributed by atoms with Gasteiger partial charge in [-0.2, -0.15) is 0 Å². The van der Waals surface area contributed by atoms with Gasteiger partial charge in [-0.15, -0.1) is 0 Å². The molecular formula is C12H19N3O2S. The van der Waals surface area contributed by atoms with E-state index in [0.717, 1.165) is 25.0 Å². The second-order valence-electron chi connectivity index (χ2n) is 4.89. The minimum atomic E-state index is -2.81. The zero-order valence-electron chi connectivity index (χ0n) is 10.2. The minimum absolute atomic E-state index is 0.0817. The topological polar surface area (TPSA) is 85.1 Å². The lowest BCUT2D eigenvalue weighted by Crippen LogP contribution is -2.38. The van der Waals surface area contributed by atoms with Gasteiger partial charge in [-0.1, -0.05) is 6.07 Å². The summed E-state index contributed by atoms with van der Waals surface area (Å²) >= 11 is 0. The van der Waals surface area contributed by atoms with Crippen LogP contribution in [0, 0.1) is 5.92 Å². The monoisotopic (exact) mass is 269 g/mol. The average molecular weight is 269 g/mol. The smallest absolute Gasteiger partial charge is 0.150 e. The summed E-state index contributed by atoms with van der Waals surface area (Å²) in [6.45, 7) is 0. The molecule has 0 saturated carbocycles. The molecule has 2 atom stereocenters. The van der Waals surface area contributed by atoms with Crippen molar-refractivity contribution in [1.29, 1.82) is 0 Å². The molecule has 5 nitrogen and oxygen atoms in total. The first-order valence-corrected chi connectivity index (χ1v) is 7.97. The van der Waals surface area contributed by atoms with Crippen molar-refractivity contribution in [3.63, 3.8) is 0 Å². The van der Waals surface area contributed by atoms with E-state index in [1.54, 1.807) is 6.20 Å². The van der Waals surface area contributed by atoms with Crippen molar-refractivity contribution in [3.8, 4) is 0 Å². The summed E-state index contributed by atoms with van der Waals surface area (Å²) < 4.78 is 22.8. The molecule has 1 aliphatic rings. The molecule has 1 aromatic heterocycles. The average Bonchev–Trinajstić information content (AvgIpc) is 2.69. The highest BCUT2D eigenvalue weighted by Crippen LogP contribution is 2.23. The molecular weight excluding hydrogens is 250 g/mol. The fourth-order valence-corrected chi connectivity index (χ4v) is 4.32. The fourth-order valence-electron chi connectivity index (χ4n) is 2.44. The SMILES string of the molecule is NNC(Cc1ccccn1)CC1CCS(=O)(=O)C1. The summed E-state index contributed by atoms with van der Waals surface area (Å²) in [7, 11) is -2.81. The Bertz CT molecular complexity index is 475. The van der Waals surface area contributed by atoms with E-state index in [1.807, 2.05) is 18.2 Å². The maximum absolute atomic E-state index is 11.4. The summed E-state index contributed by atoms with van der Waals surface area (Å²) in [4.78, 5) is 4.26. The molecule has 0 amide bonds. The zero-order valence-corrected chi connectivity index (χ0v) is 11.1. The quantitative estimate of drug-likeness (QED) is 0.592. The molecule has 1 fully saturated rings. The lowest BCUT2D eigenvalue weighted by atomic mass is 9.96. The molecule has 1 aliphatic heterocycles. The molecule has 0 aromatic carbocycles. The van der Waals surface area contributed by atoms with Gasteiger partial charge in [-0.25, -0.2) is 8.42 Å². The number of rotatable bonds is 5. The van der Waals surface area contributed by atoms with Gasteiger partial charge in [0.15, 0.2) is 9.84 Å². The highest BCUT2D eigenvalue weighted by Gasteiger charge is 2.29. The van der Waals surface area contributed by atoms with Crippen molar-refractivity contribution in [2.24, 2.45) is 11.8 Å². The summed E-state index contributed by atoms with van der Waals surface area (Å²) in [5, 5.41) is 0. The van der Waals surface area contributed by atoms with Gasteiger partial charge in [0.1, 0.15) is 0 Å². The van der Waals surface area contributed by atoms with Crippen LogP contribution in [0.1, 0.15) is 18.5 Å². The van der Waals surface area contributed by atoms with Crippen molar-refractivity contribution in [1.82, 2.24) is 10.4 Å². The summed E-state index contributed by atoms with van der Waals surface area (Å²) in [5.74, 6) is 6.38. The van der Waals surface area contributed by atoms with Crippen molar-refractivity contribution >= 4 is 9.84 Å². The maximum atomic E-state index is 11.4. The van der Waals surface area contributed by atoms with Gasteiger partial charge in [0.25, 0.3) is 0 Å². The van der Waals surface area contributed by atoms with Crippen molar-refractivity contribution in [2.45, 2.75) is 25.3 Å². The molecule has 2 rings (SSSR count). The van der Waals surface area contributed by atoms with E-state index in [9.17, 15) is 8.42 Å². The molecule has 6 heteroatoms. The molecule has 1 saturated heterocycles. The number of sulfone groups is 1. The molecule has 0 radical (unpaired) electrons. The van der Waals surface area contributed by atoms with Crippen LogP contribution >= 0.6 is 0 Å². The Hall–Kier alpha value is -0.980. The number of nitrogens with zero attached hydrogens (tertiary/aromatic N) is 1. The number of hydrogen-bond donors (Lipinski definition) is 2. The summed E-state index contributed by atoms with van der Waals surface area (Å²) in [6, 6.07) is 5.85. The Balaban J connectivity index is 1.90. The van der Waals surface area contributed by atoms with Crippen LogP contribution in [-0.4, -0.2) is 30.9 Å². The number of nitrogens with two attached hydrogens (primary N) is 1. The van der Waals surface area contributed by atoms with Gasteiger partial charge in [0, 0.05) is 24.4 Å². The Morgan fingerprint density at radius 1 is 1.50 bits per heavy atom. The Morgan fingerprint density at radius 3 is 2.89 bits per heavy atom. The van der Waals surface area contributed by atoms with Crippen molar-refractivity contribution in [2.75, 3.05) is 11.5 Å². The second kappa shape index (κ2) is 5.77. The first kappa shape index (κ1) is 13.5. The third-order valence-electron chi connectivity index (χ3n) is 3.36. The van der Waals surface area contributed by atoms with Crippen LogP contribution in [0.2, 0.25) is 0 Å². The normalized spacial score (nSPS) is 23.9. The van der Waals surface area contributed by atoms with E-state index < -0.39 is 9.84 Å². The standard InChI is InChI=1S/C12H19N3O2S/c13-15-12(8-11-3-1-2-5-14-11)7-10-4-6-18(16,17)9-10/h1-3,5,10,12,15H,4,6-9,13H2. The van der Waals surface area contributed by atoms with Crippen LogP contribution in [0.25, 0.3) is 0 Å². The van der Waals surface area contributed by atoms with E-state index in [4.69, 9.17) is 5.84 Å². The number of aromatic nitrogens is 1. The Kier molecular flexibility index (Phi) is 4.31. The van der Waals surface area contributed by atoms with Gasteiger partial charge >= 0.3 is 0 Å². The third-order valence-corrected chi connectivity index (χ3v) is 5.20. The minimum Gasteiger partial charge on any atom is -0.271 e. The first-order chi connectivity index (χ1) is 8.59. The second-order valence-corrected chi connectivity index (χ2v) is 7.12. The van der Waals surface area contributed by atoms with Crippen LogP contribution in [0.3, 0.4) is 0 Å². The summed E-state index contributed by atoms with van der Waals surface area (Å²) in [5.41, 5.74) is 3.74. The first-order valence-electron chi connectivity index (χ1n) is 6.15. The number of nitrogens with one attached hydrogen (secondary N) is 1. The number of hydrogen-bond acceptors (Lipinski definition) is 5. The van der Waals surface area contributed by atoms with Gasteiger partial charge in [-0.05, 0) is 30.9 Å². The van der Waals surface area contributed by atoms with E-state index >= 15 is 0 Å². The maximum Gasteiger partial charge on any atom is 0.150 e. The molecule has 0 spiro atoms. The summed E-state index contributed by atoms with van der Waals surface area (Å²) in [6.07, 6.45) is 4.02. The van der Waals surface area contributed by atoms with E-state index in [-0.39, 0.29) is 12.0 Å². The zero-order chi connectivity index (χ0) is 13.0. The van der Waals surface area contributed by atoms with E-state index in [0.29, 0.717) is 11.5 Å². The molecule has 0 aliphatic carbocycles. The molecule has 2 unspecified atom stereocenters. The van der Waals surface area contributed by atoms with E-state index in [1.165, 1.54) is 0 Å². The van der Waals surface area contributed by atoms with Crippen LogP contribution in [0.15, 0.2) is 24.4 Å². The van der Waals surface area contributed by atoms with Gasteiger partial charge in [-0.3, -0.25) is 16.3 Å². The van der Waals surface area contributed by atoms with Crippen LogP contribution < -0.4 is 11.3 Å². The molecule has 18 heavy (non-hydrogen) atoms. The van der Waals surface area contributed by atoms with Gasteiger partial charge < -0.3 is 0 Å². The van der Waals surface area contributed by atoms with Crippen LogP contribution in [0.5, 0.6) is 0 Å². The Morgan fingerprint density at radius 2 is 2.33 bits per heavy atom. The predicted octanol–water partition coefficient (Wildman–Crippen LogP) is 0.281. The lowest BCUT2D eigenvalue weighted by Gasteiger charge is -2.18. The third kappa shape index (κ3) is 3.76. The van der Waals surface area contributed by atoms with Crippen LogP contribution in [0.4, 0.5) is 0 Å². The van der Waals surface area contributed by atoms with Crippen LogP contribution in [-0.2, 0) is 16.3 Å². The molecule has 0 bridgehead atoms. The molecule has 3 N–H and O–H groups in total. The van der Waals surface area contributed by atoms with E-state index in [2.05, 4.69) is 10.4 Å². The molecule has 2 heterocycles. The van der Waals surface area contributed by atoms with Gasteiger partial charge in [0.05, 0.1) is 11.5 Å². The molecule has 100 valence electrons. The fraction of sp³-hybridized carbons (Fsp3) is 0.583. The highest BCUT2D eigenvalue weighted by molar-refractivity contribution is 7.91. The van der Waals surface area contributed by atoms with Gasteiger partial charge in [0.2, 0.25) is 0 Å². The Labute approximate surface area is 108 Å². The molecule has 1 aromatic rings. The van der Waals surface area contributed by atoms with Crippen molar-refractivity contribution < 1.29 is 8.42 Å². The highest BCUT2D eigenvalue weighted by atomic mass is 32.2. The number of pyridine rings is 1. The van der Waals surface area contributed by atoms with Crippen molar-refractivity contribution in [3.05, 3.63) is 30.1 Å². The largest absolute Gasteiger partial charge is 0.271 e. The number of hydrazine groups is 1. The lowest BCUT2D eigenvalue weighted by molar-refractivity contribution is 0.406. The predicted molar refractivity (Wildman–Crippen MR) is 70.4 cm³/mol.